The fraction of sp³-hybridized carbons (Fsp3) is 1.00. The summed E-state index contributed by atoms with van der Waals surface area (Å²) in [4.78, 5) is 23.3. The molecule has 0 spiro atoms. The van der Waals surface area contributed by atoms with E-state index < -0.39 is 77.6 Å². The van der Waals surface area contributed by atoms with Crippen LogP contribution >= 0.6 is 15.6 Å². The van der Waals surface area contributed by atoms with E-state index >= 15 is 0 Å². The summed E-state index contributed by atoms with van der Waals surface area (Å²) < 4.78 is 78.4. The highest BCUT2D eigenvalue weighted by Crippen LogP contribution is 2.46. The summed E-state index contributed by atoms with van der Waals surface area (Å²) in [6.07, 6.45) is -10.8. The Hall–Kier alpha value is 0.0899. The number of hydrogen-bond donors (Lipinski definition) is 1. The second kappa shape index (κ2) is 10.6. The summed E-state index contributed by atoms with van der Waals surface area (Å²) in [5.74, 6) is 0. The predicted octanol–water partition coefficient (Wildman–Crippen LogP) is -1.55. The summed E-state index contributed by atoms with van der Waals surface area (Å²) in [6, 6.07) is -3.15. The molecule has 4 unspecified atom stereocenters. The zero-order chi connectivity index (χ0) is 21.3. The van der Waals surface area contributed by atoms with E-state index in [0.717, 1.165) is 7.11 Å². The van der Waals surface area contributed by atoms with Gasteiger partial charge in [-0.2, -0.15) is 0 Å². The van der Waals surface area contributed by atoms with Crippen molar-refractivity contribution in [2.24, 2.45) is 0 Å². The van der Waals surface area contributed by atoms with Crippen LogP contribution in [0.25, 0.3) is 0 Å². The molecule has 2 aliphatic heterocycles. The topological polar surface area (TPSA) is 156 Å². The van der Waals surface area contributed by atoms with Gasteiger partial charge in [-0.25, -0.2) is 8.78 Å². The minimum atomic E-state index is -5.25. The molecule has 0 aromatic carbocycles. The Morgan fingerprint density at radius 1 is 1.00 bits per heavy atom. The SMILES string of the molecule is C.[B][C@@H]1O[C@H](COP(=O)([O-])O[C@@H]2C(F)[C@H]([B])O[C@@H]2CO)[C@H](OP(=O)([O-])OC)C1F. The molecule has 0 amide bonds. The molecular formula is C12H20B2F2O11P2-2. The Labute approximate surface area is 169 Å². The van der Waals surface area contributed by atoms with Gasteiger partial charge in [0.05, 0.1) is 25.2 Å². The predicted molar refractivity (Wildman–Crippen MR) is 90.4 cm³/mol. The molecule has 0 saturated carbocycles. The largest absolute Gasteiger partial charge is 0.756 e. The van der Waals surface area contributed by atoms with Crippen LogP contribution in [0, 0.1) is 0 Å². The molecule has 2 rings (SSSR count). The number of halogens is 2. The maximum atomic E-state index is 14.0. The van der Waals surface area contributed by atoms with E-state index in [-0.39, 0.29) is 7.43 Å². The van der Waals surface area contributed by atoms with Crippen LogP contribution in [0.1, 0.15) is 7.43 Å². The number of aliphatic hydroxyl groups is 1. The highest BCUT2D eigenvalue weighted by atomic mass is 31.2. The number of phosphoric acid groups is 2. The lowest BCUT2D eigenvalue weighted by Crippen LogP contribution is -2.37. The van der Waals surface area contributed by atoms with Gasteiger partial charge in [-0.1, -0.05) is 7.43 Å². The molecule has 1 N–H and O–H groups in total. The monoisotopic (exact) mass is 462 g/mol. The van der Waals surface area contributed by atoms with Crippen molar-refractivity contribution in [2.45, 2.75) is 56.2 Å². The van der Waals surface area contributed by atoms with Crippen LogP contribution < -0.4 is 9.79 Å². The molecule has 4 radical (unpaired) electrons. The van der Waals surface area contributed by atoms with Crippen molar-refractivity contribution in [1.82, 2.24) is 0 Å². The number of alkyl halides is 2. The van der Waals surface area contributed by atoms with Gasteiger partial charge >= 0.3 is 0 Å². The average molecular weight is 462 g/mol. The Bertz CT molecular complexity index is 635. The van der Waals surface area contributed by atoms with Gasteiger partial charge in [0.25, 0.3) is 15.6 Å². The van der Waals surface area contributed by atoms with Crippen LogP contribution in [0.4, 0.5) is 8.78 Å². The first-order chi connectivity index (χ1) is 12.9. The van der Waals surface area contributed by atoms with E-state index in [1.807, 2.05) is 0 Å². The number of ether oxygens (including phenoxy) is 2. The molecule has 166 valence electrons. The van der Waals surface area contributed by atoms with Crippen LogP contribution in [0.2, 0.25) is 0 Å². The van der Waals surface area contributed by atoms with Crippen LogP contribution in [0.3, 0.4) is 0 Å². The van der Waals surface area contributed by atoms with Crippen LogP contribution in [0.15, 0.2) is 0 Å². The van der Waals surface area contributed by atoms with Crippen molar-refractivity contribution >= 4 is 31.3 Å². The van der Waals surface area contributed by atoms with Gasteiger partial charge in [-0.15, -0.1) is 0 Å². The second-order valence-corrected chi connectivity index (χ2v) is 8.70. The molecule has 2 heterocycles. The minimum absolute atomic E-state index is 0. The summed E-state index contributed by atoms with van der Waals surface area (Å²) in [5.41, 5.74) is 0. The lowest BCUT2D eigenvalue weighted by atomic mass is 9.94. The Morgan fingerprint density at radius 2 is 1.45 bits per heavy atom. The third-order valence-corrected chi connectivity index (χ3v) is 5.87. The van der Waals surface area contributed by atoms with E-state index in [1.54, 1.807) is 0 Å². The van der Waals surface area contributed by atoms with Gasteiger partial charge in [0.2, 0.25) is 0 Å². The smallest absolute Gasteiger partial charge is 0.268 e. The number of rotatable bonds is 9. The van der Waals surface area contributed by atoms with Gasteiger partial charge in [0.1, 0.15) is 52.5 Å². The Morgan fingerprint density at radius 3 is 1.93 bits per heavy atom. The molecule has 0 bridgehead atoms. The molecule has 0 aromatic heterocycles. The summed E-state index contributed by atoms with van der Waals surface area (Å²) in [5, 5.41) is 9.08. The molecule has 0 aliphatic carbocycles. The third kappa shape index (κ3) is 6.78. The number of phosphoric ester groups is 2. The van der Waals surface area contributed by atoms with Gasteiger partial charge in [-0.05, 0) is 0 Å². The molecular weight excluding hydrogens is 442 g/mol. The average Bonchev–Trinajstić information content (AvgIpc) is 3.04. The van der Waals surface area contributed by atoms with Crippen molar-refractivity contribution in [3.8, 4) is 0 Å². The molecule has 2 saturated heterocycles. The van der Waals surface area contributed by atoms with E-state index in [4.69, 9.17) is 30.3 Å². The zero-order valence-electron chi connectivity index (χ0n) is 14.4. The molecule has 0 aromatic rings. The summed E-state index contributed by atoms with van der Waals surface area (Å²) in [7, 11) is 1.19. The minimum Gasteiger partial charge on any atom is -0.756 e. The van der Waals surface area contributed by atoms with E-state index in [2.05, 4.69) is 18.1 Å². The van der Waals surface area contributed by atoms with Crippen molar-refractivity contribution < 1.29 is 60.4 Å². The van der Waals surface area contributed by atoms with Crippen molar-refractivity contribution in [3.63, 3.8) is 0 Å². The standard InChI is InChI=1S/C11H18B2F2O11P2.CH4/c1-21-27(17,18)25-9-5(24-11(13)7(9)15)3-22-28(19,20)26-8-4(2-16)23-10(12)6(8)14;/h4-11,16H,2-3H2,1H3,(H,17,18)(H,19,20);1H4/p-2/t4-,5-,6?,7?,8+,9+,10-,11-;/m1./s1. The fourth-order valence-electron chi connectivity index (χ4n) is 2.56. The molecule has 2 fully saturated rings. The van der Waals surface area contributed by atoms with Gasteiger partial charge < -0.3 is 42.5 Å². The van der Waals surface area contributed by atoms with Crippen molar-refractivity contribution in [1.29, 1.82) is 0 Å². The molecule has 29 heavy (non-hydrogen) atoms. The lowest BCUT2D eigenvalue weighted by molar-refractivity contribution is -0.237. The summed E-state index contributed by atoms with van der Waals surface area (Å²) in [6.45, 7) is -1.75. The fourth-order valence-corrected chi connectivity index (χ4v) is 4.14. The highest BCUT2D eigenvalue weighted by Gasteiger charge is 2.47. The number of hydrogen-bond acceptors (Lipinski definition) is 11. The van der Waals surface area contributed by atoms with E-state index in [0.29, 0.717) is 0 Å². The van der Waals surface area contributed by atoms with Crippen LogP contribution in [0.5, 0.6) is 0 Å². The van der Waals surface area contributed by atoms with E-state index in [1.165, 1.54) is 0 Å². The zero-order valence-corrected chi connectivity index (χ0v) is 16.2. The molecule has 10 atom stereocenters. The van der Waals surface area contributed by atoms with Gasteiger partial charge in [-0.3, -0.25) is 9.13 Å². The number of aliphatic hydroxyl groups excluding tert-OH is 1. The first-order valence-corrected chi connectivity index (χ1v) is 10.7. The van der Waals surface area contributed by atoms with Crippen molar-refractivity contribution in [2.75, 3.05) is 20.3 Å². The third-order valence-electron chi connectivity index (χ3n) is 3.95. The first kappa shape index (κ1) is 27.1. The lowest BCUT2D eigenvalue weighted by Gasteiger charge is -2.31. The van der Waals surface area contributed by atoms with Gasteiger partial charge in [0.15, 0.2) is 0 Å². The Kier molecular flexibility index (Phi) is 9.92. The first-order valence-electron chi connectivity index (χ1n) is 7.81. The Balaban J connectivity index is 0.00000420. The second-order valence-electron chi connectivity index (χ2n) is 5.86. The maximum absolute atomic E-state index is 14.0. The maximum Gasteiger partial charge on any atom is 0.268 e. The quantitative estimate of drug-likeness (QED) is 0.313. The highest BCUT2D eigenvalue weighted by molar-refractivity contribution is 7.46. The normalized spacial score (nSPS) is 41.4. The van der Waals surface area contributed by atoms with Crippen LogP contribution in [-0.2, 0) is 36.7 Å². The molecule has 2 aliphatic rings. The molecule has 11 nitrogen and oxygen atoms in total. The summed E-state index contributed by atoms with van der Waals surface area (Å²) >= 11 is 0. The van der Waals surface area contributed by atoms with Crippen molar-refractivity contribution in [3.05, 3.63) is 0 Å². The van der Waals surface area contributed by atoms with Gasteiger partial charge in [0, 0.05) is 7.11 Å². The van der Waals surface area contributed by atoms with E-state index in [9.17, 15) is 27.7 Å². The molecule has 17 heteroatoms. The van der Waals surface area contributed by atoms with Crippen LogP contribution in [-0.4, -0.2) is 89.9 Å².